The van der Waals surface area contributed by atoms with Gasteiger partial charge in [-0.3, -0.25) is 5.10 Å². The van der Waals surface area contributed by atoms with Gasteiger partial charge in [0.25, 0.3) is 0 Å². The van der Waals surface area contributed by atoms with Crippen LogP contribution in [-0.2, 0) is 16.6 Å². The van der Waals surface area contributed by atoms with Gasteiger partial charge in [0, 0.05) is 16.9 Å². The Labute approximate surface area is 141 Å². The van der Waals surface area contributed by atoms with Crippen molar-refractivity contribution in [1.82, 2.24) is 10.2 Å². The van der Waals surface area contributed by atoms with Crippen molar-refractivity contribution in [2.24, 2.45) is 11.8 Å². The van der Waals surface area contributed by atoms with E-state index in [0.29, 0.717) is 0 Å². The molecule has 0 saturated carbocycles. The summed E-state index contributed by atoms with van der Waals surface area (Å²) in [6.45, 7) is 11.4. The Bertz CT molecular complexity index is 887. The van der Waals surface area contributed by atoms with Gasteiger partial charge in [0.1, 0.15) is 0 Å². The van der Waals surface area contributed by atoms with E-state index in [2.05, 4.69) is 34.1 Å². The maximum absolute atomic E-state index is 12.4. The highest BCUT2D eigenvalue weighted by molar-refractivity contribution is 6.00. The van der Waals surface area contributed by atoms with Crippen LogP contribution in [0.25, 0.3) is 16.1 Å². The second-order valence-electron chi connectivity index (χ2n) is 7.01. The Morgan fingerprint density at radius 3 is 2.79 bits per heavy atom. The molecule has 0 radical (unpaired) electrons. The van der Waals surface area contributed by atoms with Gasteiger partial charge in [-0.1, -0.05) is 50.3 Å². The van der Waals surface area contributed by atoms with E-state index in [0.717, 1.165) is 29.8 Å². The molecule has 0 saturated heterocycles. The first-order chi connectivity index (χ1) is 11.6. The highest BCUT2D eigenvalue weighted by Crippen LogP contribution is 2.50. The number of aromatic amines is 1. The van der Waals surface area contributed by atoms with Crippen LogP contribution in [0, 0.1) is 18.4 Å². The monoisotopic (exact) mass is 317 g/mol. The number of nitrogens with one attached hydrogen (secondary N) is 1. The van der Waals surface area contributed by atoms with E-state index >= 15 is 0 Å². The molecule has 120 valence electrons. The first kappa shape index (κ1) is 14.9. The number of rotatable bonds is 1. The first-order valence-corrected chi connectivity index (χ1v) is 8.34. The van der Waals surface area contributed by atoms with Crippen molar-refractivity contribution in [1.29, 1.82) is 0 Å². The number of H-pyrrole nitrogens is 1. The number of allylic oxidation sites excluding steroid dienone is 2. The van der Waals surface area contributed by atoms with E-state index in [-0.39, 0.29) is 28.7 Å². The van der Waals surface area contributed by atoms with Crippen LogP contribution in [0.3, 0.4) is 0 Å². The van der Waals surface area contributed by atoms with E-state index in [4.69, 9.17) is 6.57 Å². The predicted molar refractivity (Wildman–Crippen MR) is 92.0 cm³/mol. The molecule has 1 heterocycles. The standard InChI is InChI=1S/C20H19N3O/c1-12-15-10-9-14-17(13-7-5-4-6-8-13)22-23-19(14)20(15,2)11-16(21-3)18(12)24/h4-8,11-12,15H,9-10H2,1-2H3,(H,22,23)/t12-,15-,20-/m0/s1. The molecule has 4 nitrogen and oxygen atoms in total. The van der Waals surface area contributed by atoms with E-state index in [1.807, 2.05) is 31.2 Å². The Balaban J connectivity index is 1.89. The Morgan fingerprint density at radius 1 is 1.33 bits per heavy atom. The molecule has 1 aromatic carbocycles. The van der Waals surface area contributed by atoms with Crippen LogP contribution in [0.15, 0.2) is 42.1 Å². The lowest BCUT2D eigenvalue weighted by Gasteiger charge is -2.44. The smallest absolute Gasteiger partial charge is 0.226 e. The summed E-state index contributed by atoms with van der Waals surface area (Å²) in [5.41, 5.74) is 4.32. The summed E-state index contributed by atoms with van der Waals surface area (Å²) in [6.07, 6.45) is 3.72. The molecule has 0 unspecified atom stereocenters. The van der Waals surface area contributed by atoms with E-state index in [1.54, 1.807) is 0 Å². The minimum atomic E-state index is -0.357. The molecule has 0 spiro atoms. The number of hydrogen-bond donors (Lipinski definition) is 1. The van der Waals surface area contributed by atoms with Crippen LogP contribution >= 0.6 is 0 Å². The summed E-state index contributed by atoms with van der Waals surface area (Å²) < 4.78 is 0. The fraction of sp³-hybridized carbons (Fsp3) is 0.350. The topological polar surface area (TPSA) is 50.1 Å². The largest absolute Gasteiger partial charge is 0.308 e. The summed E-state index contributed by atoms with van der Waals surface area (Å²) in [5, 5.41) is 7.84. The lowest BCUT2D eigenvalue weighted by Crippen LogP contribution is -2.45. The lowest BCUT2D eigenvalue weighted by atomic mass is 9.58. The van der Waals surface area contributed by atoms with Gasteiger partial charge >= 0.3 is 0 Å². The zero-order valence-corrected chi connectivity index (χ0v) is 13.8. The molecular formula is C20H19N3O. The van der Waals surface area contributed by atoms with Gasteiger partial charge in [0.15, 0.2) is 5.78 Å². The van der Waals surface area contributed by atoms with E-state index in [1.165, 1.54) is 5.56 Å². The zero-order valence-electron chi connectivity index (χ0n) is 13.8. The summed E-state index contributed by atoms with van der Waals surface area (Å²) in [4.78, 5) is 15.9. The number of Topliss-reactive ketones (excluding diaryl/α,β-unsaturated/α-hetero) is 1. The van der Waals surface area contributed by atoms with Gasteiger partial charge in [-0.2, -0.15) is 5.10 Å². The third-order valence-electron chi connectivity index (χ3n) is 5.74. The maximum Gasteiger partial charge on any atom is 0.226 e. The number of benzene rings is 1. The third kappa shape index (κ3) is 1.91. The Kier molecular flexibility index (Phi) is 3.21. The highest BCUT2D eigenvalue weighted by atomic mass is 16.1. The molecule has 4 rings (SSSR count). The second kappa shape index (κ2) is 5.17. The van der Waals surface area contributed by atoms with Crippen molar-refractivity contribution in [3.63, 3.8) is 0 Å². The predicted octanol–water partition coefficient (Wildman–Crippen LogP) is 3.92. The number of carbonyl (C=O) groups is 1. The zero-order chi connectivity index (χ0) is 16.9. The van der Waals surface area contributed by atoms with Crippen molar-refractivity contribution >= 4 is 5.78 Å². The molecule has 2 aliphatic carbocycles. The lowest BCUT2D eigenvalue weighted by molar-refractivity contribution is -0.121. The number of aromatic nitrogens is 2. The molecule has 0 bridgehead atoms. The SMILES string of the molecule is [C-]#[N+]C1=C[C@]2(C)c3n[nH]c(-c4ccccc4)c3CC[C@H]2[C@H](C)C1=O. The van der Waals surface area contributed by atoms with Gasteiger partial charge in [0.2, 0.25) is 5.70 Å². The van der Waals surface area contributed by atoms with Crippen molar-refractivity contribution in [2.75, 3.05) is 0 Å². The van der Waals surface area contributed by atoms with Crippen molar-refractivity contribution in [3.05, 3.63) is 64.8 Å². The fourth-order valence-corrected chi connectivity index (χ4v) is 4.48. The summed E-state index contributed by atoms with van der Waals surface area (Å²) >= 11 is 0. The molecule has 0 amide bonds. The molecule has 4 heteroatoms. The Hall–Kier alpha value is -2.67. The summed E-state index contributed by atoms with van der Waals surface area (Å²) in [6, 6.07) is 10.2. The maximum atomic E-state index is 12.4. The van der Waals surface area contributed by atoms with Crippen LogP contribution in [0.5, 0.6) is 0 Å². The van der Waals surface area contributed by atoms with Crippen LogP contribution in [0.4, 0.5) is 0 Å². The summed E-state index contributed by atoms with van der Waals surface area (Å²) in [7, 11) is 0. The number of nitrogens with zero attached hydrogens (tertiary/aromatic N) is 2. The normalized spacial score (nSPS) is 28.5. The van der Waals surface area contributed by atoms with Crippen molar-refractivity contribution < 1.29 is 4.79 Å². The molecule has 2 aliphatic rings. The Morgan fingerprint density at radius 2 is 2.08 bits per heavy atom. The van der Waals surface area contributed by atoms with E-state index < -0.39 is 0 Å². The average Bonchev–Trinajstić information content (AvgIpc) is 3.04. The number of ketones is 1. The van der Waals surface area contributed by atoms with Gasteiger partial charge in [-0.15, -0.1) is 0 Å². The van der Waals surface area contributed by atoms with Gasteiger partial charge in [0.05, 0.1) is 18.0 Å². The molecule has 2 aromatic rings. The second-order valence-corrected chi connectivity index (χ2v) is 7.01. The molecule has 3 atom stereocenters. The van der Waals surface area contributed by atoms with Crippen LogP contribution < -0.4 is 0 Å². The quantitative estimate of drug-likeness (QED) is 0.811. The van der Waals surface area contributed by atoms with Crippen LogP contribution in [0.2, 0.25) is 0 Å². The van der Waals surface area contributed by atoms with Gasteiger partial charge in [-0.05, 0) is 24.3 Å². The molecule has 0 fully saturated rings. The molecular weight excluding hydrogens is 298 g/mol. The van der Waals surface area contributed by atoms with Crippen molar-refractivity contribution in [3.8, 4) is 11.3 Å². The van der Waals surface area contributed by atoms with Gasteiger partial charge in [-0.25, -0.2) is 4.85 Å². The number of carbonyl (C=O) groups excluding carboxylic acids is 1. The van der Waals surface area contributed by atoms with Gasteiger partial charge < -0.3 is 4.79 Å². The molecule has 24 heavy (non-hydrogen) atoms. The minimum Gasteiger partial charge on any atom is -0.308 e. The number of fused-ring (bicyclic) bond motifs is 3. The fourth-order valence-electron chi connectivity index (χ4n) is 4.48. The average molecular weight is 317 g/mol. The third-order valence-corrected chi connectivity index (χ3v) is 5.74. The minimum absolute atomic E-state index is 0.0188. The summed E-state index contributed by atoms with van der Waals surface area (Å²) in [5.74, 6) is 0.0544. The molecule has 1 N–H and O–H groups in total. The first-order valence-electron chi connectivity index (χ1n) is 8.34. The van der Waals surface area contributed by atoms with E-state index in [9.17, 15) is 4.79 Å². The molecule has 0 aliphatic heterocycles. The number of hydrogen-bond acceptors (Lipinski definition) is 2. The van der Waals surface area contributed by atoms with Crippen LogP contribution in [0.1, 0.15) is 31.5 Å². The highest BCUT2D eigenvalue weighted by Gasteiger charge is 2.49. The molecule has 1 aromatic heterocycles. The van der Waals surface area contributed by atoms with Crippen LogP contribution in [-0.4, -0.2) is 16.0 Å². The van der Waals surface area contributed by atoms with Crippen molar-refractivity contribution in [2.45, 2.75) is 32.1 Å².